The molecule has 0 atom stereocenters. The predicted octanol–water partition coefficient (Wildman–Crippen LogP) is 15.8. The Morgan fingerprint density at radius 2 is 0.946 bits per heavy atom. The molecule has 0 spiro atoms. The summed E-state index contributed by atoms with van der Waals surface area (Å²) >= 11 is 0. The van der Waals surface area contributed by atoms with Gasteiger partial charge in [0, 0.05) is 27.6 Å². The SMILES string of the molecule is CC(C)(C)c1cc(-c2cccc3cccc(-c4ccccc4N(c4ccccc4)c4ccccc4-c4ccc5oc6ccccc6c5c4)c23)cc(C(C)(C)C)c1. The number of anilines is 3. The predicted molar refractivity (Wildman–Crippen MR) is 240 cm³/mol. The molecule has 0 saturated heterocycles. The molecule has 0 fully saturated rings. The van der Waals surface area contributed by atoms with Crippen LogP contribution in [0.1, 0.15) is 52.7 Å². The fourth-order valence-corrected chi connectivity index (χ4v) is 8.14. The van der Waals surface area contributed by atoms with E-state index in [9.17, 15) is 0 Å². The van der Waals surface area contributed by atoms with Crippen molar-refractivity contribution in [3.05, 3.63) is 187 Å². The van der Waals surface area contributed by atoms with Gasteiger partial charge in [0.25, 0.3) is 0 Å². The quantitative estimate of drug-likeness (QED) is 0.170. The average Bonchev–Trinajstić information content (AvgIpc) is 3.58. The second-order valence-corrected chi connectivity index (χ2v) is 17.0. The third-order valence-electron chi connectivity index (χ3n) is 11.2. The van der Waals surface area contributed by atoms with E-state index in [0.29, 0.717) is 0 Å². The highest BCUT2D eigenvalue weighted by Gasteiger charge is 2.24. The van der Waals surface area contributed by atoms with E-state index in [2.05, 4.69) is 210 Å². The van der Waals surface area contributed by atoms with Gasteiger partial charge in [-0.1, -0.05) is 175 Å². The summed E-state index contributed by atoms with van der Waals surface area (Å²) in [5.41, 5.74) is 15.0. The van der Waals surface area contributed by atoms with Crippen LogP contribution in [0.15, 0.2) is 180 Å². The molecule has 0 unspecified atom stereocenters. The molecular formula is C54H47NO. The van der Waals surface area contributed by atoms with E-state index in [1.807, 2.05) is 12.1 Å². The van der Waals surface area contributed by atoms with Gasteiger partial charge >= 0.3 is 0 Å². The van der Waals surface area contributed by atoms with Gasteiger partial charge in [0.1, 0.15) is 11.2 Å². The van der Waals surface area contributed by atoms with E-state index in [4.69, 9.17) is 4.42 Å². The fraction of sp³-hybridized carbons (Fsp3) is 0.148. The monoisotopic (exact) mass is 725 g/mol. The molecule has 1 aromatic heterocycles. The minimum Gasteiger partial charge on any atom is -0.456 e. The van der Waals surface area contributed by atoms with Gasteiger partial charge in [-0.3, -0.25) is 0 Å². The lowest BCUT2D eigenvalue weighted by atomic mass is 9.78. The number of hydrogen-bond donors (Lipinski definition) is 0. The van der Waals surface area contributed by atoms with Crippen molar-refractivity contribution in [3.63, 3.8) is 0 Å². The van der Waals surface area contributed by atoms with Crippen LogP contribution in [0.5, 0.6) is 0 Å². The van der Waals surface area contributed by atoms with Gasteiger partial charge in [-0.25, -0.2) is 0 Å². The molecule has 1 heterocycles. The highest BCUT2D eigenvalue weighted by atomic mass is 16.3. The van der Waals surface area contributed by atoms with E-state index in [1.54, 1.807) is 0 Å². The Balaban J connectivity index is 1.28. The standard InChI is InChI=1S/C54H47NO/c1-53(2,3)39-32-38(33-40(35-39)54(4,5)6)43-25-16-18-36-19-17-26-46(52(36)43)44-23-11-14-28-49(44)55(41-20-8-7-9-21-41)48-27-13-10-22-42(48)37-30-31-51-47(34-37)45-24-12-15-29-50(45)56-51/h7-35H,1-6H3. The van der Waals surface area contributed by atoms with Gasteiger partial charge in [-0.2, -0.15) is 0 Å². The first kappa shape index (κ1) is 35.3. The first-order valence-corrected chi connectivity index (χ1v) is 19.7. The number of nitrogens with zero attached hydrogens (tertiary/aromatic N) is 1. The van der Waals surface area contributed by atoms with E-state index in [1.165, 1.54) is 44.2 Å². The zero-order chi connectivity index (χ0) is 38.6. The van der Waals surface area contributed by atoms with Gasteiger partial charge in [0.05, 0.1) is 11.4 Å². The second-order valence-electron chi connectivity index (χ2n) is 17.0. The number of rotatable bonds is 6. The van der Waals surface area contributed by atoms with Crippen molar-refractivity contribution >= 4 is 49.8 Å². The van der Waals surface area contributed by atoms with Gasteiger partial charge in [0.2, 0.25) is 0 Å². The first-order chi connectivity index (χ1) is 27.0. The summed E-state index contributed by atoms with van der Waals surface area (Å²) in [6.07, 6.45) is 0. The summed E-state index contributed by atoms with van der Waals surface area (Å²) < 4.78 is 6.24. The van der Waals surface area contributed by atoms with Gasteiger partial charge < -0.3 is 9.32 Å². The van der Waals surface area contributed by atoms with Crippen LogP contribution in [-0.2, 0) is 10.8 Å². The second kappa shape index (κ2) is 13.7. The number of fused-ring (bicyclic) bond motifs is 4. The van der Waals surface area contributed by atoms with Gasteiger partial charge in [-0.05, 0) is 97.4 Å². The summed E-state index contributed by atoms with van der Waals surface area (Å²) in [5, 5.41) is 4.72. The van der Waals surface area contributed by atoms with Crippen molar-refractivity contribution in [1.29, 1.82) is 0 Å². The minimum absolute atomic E-state index is 0.00877. The Kier molecular flexibility index (Phi) is 8.66. The van der Waals surface area contributed by atoms with Crippen LogP contribution in [0.25, 0.3) is 66.1 Å². The summed E-state index contributed by atoms with van der Waals surface area (Å²) in [4.78, 5) is 2.43. The molecule has 2 heteroatoms. The number of furan rings is 1. The fourth-order valence-electron chi connectivity index (χ4n) is 8.14. The Morgan fingerprint density at radius 1 is 0.393 bits per heavy atom. The molecule has 0 N–H and O–H groups in total. The Morgan fingerprint density at radius 3 is 1.64 bits per heavy atom. The van der Waals surface area contributed by atoms with Crippen LogP contribution in [-0.4, -0.2) is 0 Å². The molecule has 0 radical (unpaired) electrons. The van der Waals surface area contributed by atoms with Crippen molar-refractivity contribution in [2.24, 2.45) is 0 Å². The highest BCUT2D eigenvalue weighted by Crippen LogP contribution is 2.48. The average molecular weight is 726 g/mol. The molecule has 0 saturated carbocycles. The lowest BCUT2D eigenvalue weighted by Gasteiger charge is -2.30. The van der Waals surface area contributed by atoms with Gasteiger partial charge in [-0.15, -0.1) is 0 Å². The van der Waals surface area contributed by atoms with E-state index in [0.717, 1.165) is 50.1 Å². The number of hydrogen-bond acceptors (Lipinski definition) is 2. The minimum atomic E-state index is 0.00877. The Labute approximate surface area is 330 Å². The maximum atomic E-state index is 6.24. The topological polar surface area (TPSA) is 16.4 Å². The maximum absolute atomic E-state index is 6.24. The third kappa shape index (κ3) is 6.35. The number of benzene rings is 8. The van der Waals surface area contributed by atoms with Crippen LogP contribution in [0.4, 0.5) is 17.1 Å². The summed E-state index contributed by atoms with van der Waals surface area (Å²) in [6.45, 7) is 13.9. The van der Waals surface area contributed by atoms with Crippen LogP contribution in [0.2, 0.25) is 0 Å². The zero-order valence-electron chi connectivity index (χ0n) is 33.1. The molecule has 56 heavy (non-hydrogen) atoms. The molecule has 8 aromatic carbocycles. The Bertz CT molecular complexity index is 2840. The molecule has 2 nitrogen and oxygen atoms in total. The lowest BCUT2D eigenvalue weighted by Crippen LogP contribution is -2.16. The molecule has 9 aromatic rings. The molecule has 0 amide bonds. The van der Waals surface area contributed by atoms with Crippen LogP contribution >= 0.6 is 0 Å². The van der Waals surface area contributed by atoms with E-state index in [-0.39, 0.29) is 10.8 Å². The molecule has 274 valence electrons. The molecular weight excluding hydrogens is 679 g/mol. The highest BCUT2D eigenvalue weighted by molar-refractivity contribution is 6.10. The third-order valence-corrected chi connectivity index (χ3v) is 11.2. The van der Waals surface area contributed by atoms with Crippen molar-refractivity contribution in [2.75, 3.05) is 4.90 Å². The van der Waals surface area contributed by atoms with Crippen LogP contribution < -0.4 is 4.90 Å². The first-order valence-electron chi connectivity index (χ1n) is 19.7. The van der Waals surface area contributed by atoms with Crippen molar-refractivity contribution in [3.8, 4) is 33.4 Å². The maximum Gasteiger partial charge on any atom is 0.135 e. The molecule has 0 bridgehead atoms. The Hall–Kier alpha value is -6.38. The smallest absolute Gasteiger partial charge is 0.135 e. The normalized spacial score (nSPS) is 12.1. The van der Waals surface area contributed by atoms with Crippen molar-refractivity contribution < 1.29 is 4.42 Å². The van der Waals surface area contributed by atoms with Crippen LogP contribution in [0.3, 0.4) is 0 Å². The molecule has 0 aliphatic carbocycles. The van der Waals surface area contributed by atoms with E-state index < -0.39 is 0 Å². The van der Waals surface area contributed by atoms with Crippen molar-refractivity contribution in [2.45, 2.75) is 52.4 Å². The molecule has 9 rings (SSSR count). The van der Waals surface area contributed by atoms with Crippen LogP contribution in [0, 0.1) is 0 Å². The largest absolute Gasteiger partial charge is 0.456 e. The van der Waals surface area contributed by atoms with E-state index >= 15 is 0 Å². The lowest BCUT2D eigenvalue weighted by molar-refractivity contribution is 0.569. The van der Waals surface area contributed by atoms with Crippen molar-refractivity contribution in [1.82, 2.24) is 0 Å². The number of para-hydroxylation sites is 4. The summed E-state index contributed by atoms with van der Waals surface area (Å²) in [7, 11) is 0. The summed E-state index contributed by atoms with van der Waals surface area (Å²) in [6, 6.07) is 64.1. The molecule has 0 aliphatic rings. The van der Waals surface area contributed by atoms with Gasteiger partial charge in [0.15, 0.2) is 0 Å². The zero-order valence-corrected chi connectivity index (χ0v) is 33.1. The molecule has 0 aliphatic heterocycles. The summed E-state index contributed by atoms with van der Waals surface area (Å²) in [5.74, 6) is 0.